The van der Waals surface area contributed by atoms with E-state index in [9.17, 15) is 9.59 Å². The molecule has 1 fully saturated rings. The van der Waals surface area contributed by atoms with Gasteiger partial charge < -0.3 is 14.5 Å². The number of rotatable bonds is 4. The highest BCUT2D eigenvalue weighted by Gasteiger charge is 2.23. The summed E-state index contributed by atoms with van der Waals surface area (Å²) in [6.45, 7) is 6.03. The summed E-state index contributed by atoms with van der Waals surface area (Å²) in [5.41, 5.74) is 2.46. The first-order valence-electron chi connectivity index (χ1n) is 9.32. The lowest BCUT2D eigenvalue weighted by Crippen LogP contribution is -2.39. The number of ether oxygens (including phenoxy) is 1. The molecule has 0 bridgehead atoms. The molecule has 1 aromatic carbocycles. The Balaban J connectivity index is 1.55. The minimum absolute atomic E-state index is 0.0277. The molecule has 0 unspecified atom stereocenters. The van der Waals surface area contributed by atoms with E-state index in [0.717, 1.165) is 17.5 Å². The monoisotopic (exact) mass is 401 g/mol. The number of pyridine rings is 1. The number of aryl methyl sites for hydroxylation is 2. The number of carbonyl (C=O) groups is 2. The molecule has 0 atom stereocenters. The van der Waals surface area contributed by atoms with E-state index in [4.69, 9.17) is 16.3 Å². The largest absolute Gasteiger partial charge is 0.484 e. The number of nitrogens with zero attached hydrogens (tertiary/aromatic N) is 3. The molecule has 1 aliphatic rings. The summed E-state index contributed by atoms with van der Waals surface area (Å²) in [4.78, 5) is 32.7. The first kappa shape index (κ1) is 20.1. The van der Waals surface area contributed by atoms with Crippen LogP contribution in [-0.4, -0.2) is 59.4 Å². The van der Waals surface area contributed by atoms with Crippen molar-refractivity contribution in [2.24, 2.45) is 0 Å². The van der Waals surface area contributed by atoms with E-state index < -0.39 is 0 Å². The number of hydrogen-bond donors (Lipinski definition) is 0. The normalized spacial score (nSPS) is 14.5. The summed E-state index contributed by atoms with van der Waals surface area (Å²) in [5.74, 6) is 0.528. The van der Waals surface area contributed by atoms with Gasteiger partial charge in [0.25, 0.3) is 11.8 Å². The Hall–Kier alpha value is -2.60. The number of hydrogen-bond acceptors (Lipinski definition) is 4. The SMILES string of the molecule is Cc1cc(OCC(=O)N2CCCN(C(=O)c3ccncc3)CC2)cc(C)c1Cl. The van der Waals surface area contributed by atoms with Crippen molar-refractivity contribution in [3.05, 3.63) is 58.4 Å². The van der Waals surface area contributed by atoms with Crippen molar-refractivity contribution in [1.29, 1.82) is 0 Å². The zero-order chi connectivity index (χ0) is 20.1. The van der Waals surface area contributed by atoms with Crippen LogP contribution in [0.4, 0.5) is 0 Å². The predicted molar refractivity (Wildman–Crippen MR) is 108 cm³/mol. The van der Waals surface area contributed by atoms with Gasteiger partial charge in [-0.3, -0.25) is 14.6 Å². The van der Waals surface area contributed by atoms with Gasteiger partial charge in [0.15, 0.2) is 6.61 Å². The van der Waals surface area contributed by atoms with Gasteiger partial charge in [-0.15, -0.1) is 0 Å². The van der Waals surface area contributed by atoms with E-state index in [1.54, 1.807) is 34.3 Å². The van der Waals surface area contributed by atoms with Crippen LogP contribution in [0.2, 0.25) is 5.02 Å². The standard InChI is InChI=1S/C21H24ClN3O3/c1-15-12-18(13-16(2)20(15)22)28-14-19(26)24-8-3-9-25(11-10-24)21(27)17-4-6-23-7-5-17/h4-7,12-13H,3,8-11,14H2,1-2H3. The van der Waals surface area contributed by atoms with Crippen molar-refractivity contribution in [3.63, 3.8) is 0 Å². The van der Waals surface area contributed by atoms with Crippen molar-refractivity contribution in [3.8, 4) is 5.75 Å². The lowest BCUT2D eigenvalue weighted by atomic mass is 10.1. The van der Waals surface area contributed by atoms with E-state index in [0.29, 0.717) is 42.5 Å². The van der Waals surface area contributed by atoms with Crippen LogP contribution in [0.15, 0.2) is 36.7 Å². The zero-order valence-electron chi connectivity index (χ0n) is 16.2. The van der Waals surface area contributed by atoms with Crippen molar-refractivity contribution >= 4 is 23.4 Å². The van der Waals surface area contributed by atoms with Crippen molar-refractivity contribution in [1.82, 2.24) is 14.8 Å². The Kier molecular flexibility index (Phi) is 6.52. The van der Waals surface area contributed by atoms with Gasteiger partial charge in [0.1, 0.15) is 5.75 Å². The summed E-state index contributed by atoms with van der Waals surface area (Å²) in [5, 5.41) is 0.713. The van der Waals surface area contributed by atoms with Crippen LogP contribution in [0.1, 0.15) is 27.9 Å². The number of aromatic nitrogens is 1. The van der Waals surface area contributed by atoms with E-state index in [2.05, 4.69) is 4.98 Å². The van der Waals surface area contributed by atoms with Gasteiger partial charge in [-0.2, -0.15) is 0 Å². The van der Waals surface area contributed by atoms with Crippen LogP contribution in [0.5, 0.6) is 5.75 Å². The second-order valence-electron chi connectivity index (χ2n) is 6.92. The van der Waals surface area contributed by atoms with Crippen LogP contribution >= 0.6 is 11.6 Å². The highest BCUT2D eigenvalue weighted by molar-refractivity contribution is 6.32. The van der Waals surface area contributed by atoms with Gasteiger partial charge in [0, 0.05) is 49.2 Å². The average molecular weight is 402 g/mol. The molecule has 28 heavy (non-hydrogen) atoms. The minimum atomic E-state index is -0.0801. The predicted octanol–water partition coefficient (Wildman–Crippen LogP) is 3.11. The Labute approximate surface area is 170 Å². The fourth-order valence-electron chi connectivity index (χ4n) is 3.27. The molecule has 0 saturated carbocycles. The van der Waals surface area contributed by atoms with Gasteiger partial charge in [0.2, 0.25) is 0 Å². The van der Waals surface area contributed by atoms with Crippen LogP contribution < -0.4 is 4.74 Å². The van der Waals surface area contributed by atoms with Gasteiger partial charge >= 0.3 is 0 Å². The van der Waals surface area contributed by atoms with Crippen molar-refractivity contribution < 1.29 is 14.3 Å². The highest BCUT2D eigenvalue weighted by Crippen LogP contribution is 2.25. The quantitative estimate of drug-likeness (QED) is 0.789. The maximum Gasteiger partial charge on any atom is 0.260 e. The molecule has 1 aliphatic heterocycles. The van der Waals surface area contributed by atoms with E-state index >= 15 is 0 Å². The third-order valence-corrected chi connectivity index (χ3v) is 5.43. The summed E-state index contributed by atoms with van der Waals surface area (Å²) in [6, 6.07) is 7.08. The van der Waals surface area contributed by atoms with Crippen molar-refractivity contribution in [2.75, 3.05) is 32.8 Å². The number of halogens is 1. The Bertz CT molecular complexity index is 834. The molecule has 3 rings (SSSR count). The molecular weight excluding hydrogens is 378 g/mol. The topological polar surface area (TPSA) is 62.7 Å². The second-order valence-corrected chi connectivity index (χ2v) is 7.30. The zero-order valence-corrected chi connectivity index (χ0v) is 16.9. The molecule has 0 aliphatic carbocycles. The average Bonchev–Trinajstić information content (AvgIpc) is 2.96. The fourth-order valence-corrected chi connectivity index (χ4v) is 3.38. The van der Waals surface area contributed by atoms with Crippen LogP contribution in [-0.2, 0) is 4.79 Å². The fraction of sp³-hybridized carbons (Fsp3) is 0.381. The minimum Gasteiger partial charge on any atom is -0.484 e. The van der Waals surface area contributed by atoms with E-state index in [1.807, 2.05) is 26.0 Å². The Morgan fingerprint density at radius 2 is 1.64 bits per heavy atom. The molecule has 7 heteroatoms. The summed E-state index contributed by atoms with van der Waals surface area (Å²) in [7, 11) is 0. The van der Waals surface area contributed by atoms with Crippen LogP contribution in [0, 0.1) is 13.8 Å². The molecular formula is C21H24ClN3O3. The Morgan fingerprint density at radius 1 is 1.04 bits per heavy atom. The van der Waals surface area contributed by atoms with E-state index in [1.165, 1.54) is 0 Å². The summed E-state index contributed by atoms with van der Waals surface area (Å²) < 4.78 is 5.68. The molecule has 0 spiro atoms. The second kappa shape index (κ2) is 9.06. The maximum absolute atomic E-state index is 12.6. The number of amides is 2. The molecule has 6 nitrogen and oxygen atoms in total. The number of benzene rings is 1. The smallest absolute Gasteiger partial charge is 0.260 e. The highest BCUT2D eigenvalue weighted by atomic mass is 35.5. The molecule has 0 radical (unpaired) electrons. The Morgan fingerprint density at radius 3 is 2.32 bits per heavy atom. The molecule has 148 valence electrons. The lowest BCUT2D eigenvalue weighted by molar-refractivity contribution is -0.133. The third-order valence-electron chi connectivity index (χ3n) is 4.84. The lowest BCUT2D eigenvalue weighted by Gasteiger charge is -2.22. The van der Waals surface area contributed by atoms with Crippen LogP contribution in [0.25, 0.3) is 0 Å². The van der Waals surface area contributed by atoms with Crippen LogP contribution in [0.3, 0.4) is 0 Å². The molecule has 2 amide bonds. The third kappa shape index (κ3) is 4.81. The first-order valence-corrected chi connectivity index (χ1v) is 9.70. The molecule has 2 aromatic rings. The molecule has 0 N–H and O–H groups in total. The van der Waals surface area contributed by atoms with Gasteiger partial charge in [-0.05, 0) is 55.7 Å². The van der Waals surface area contributed by atoms with Crippen molar-refractivity contribution in [2.45, 2.75) is 20.3 Å². The molecule has 1 saturated heterocycles. The van der Waals surface area contributed by atoms with E-state index in [-0.39, 0.29) is 18.4 Å². The summed E-state index contributed by atoms with van der Waals surface area (Å²) >= 11 is 6.17. The first-order chi connectivity index (χ1) is 13.5. The van der Waals surface area contributed by atoms with Gasteiger partial charge in [-0.1, -0.05) is 11.6 Å². The van der Waals surface area contributed by atoms with Gasteiger partial charge in [-0.25, -0.2) is 0 Å². The molecule has 2 heterocycles. The summed E-state index contributed by atoms with van der Waals surface area (Å²) in [6.07, 6.45) is 3.96. The maximum atomic E-state index is 12.6. The van der Waals surface area contributed by atoms with Gasteiger partial charge in [0.05, 0.1) is 0 Å². The molecule has 1 aromatic heterocycles. The number of carbonyl (C=O) groups excluding carboxylic acids is 2.